The summed E-state index contributed by atoms with van der Waals surface area (Å²) in [6.07, 6.45) is 43.9. The predicted molar refractivity (Wildman–Crippen MR) is 314 cm³/mol. The molecule has 0 aliphatic carbocycles. The lowest BCUT2D eigenvalue weighted by Gasteiger charge is -2.46. The standard InChI is InChI=1S/C64H121NO13/c1-3-5-7-9-11-13-15-17-18-19-20-21-22-23-24-25-26-27-28-29-30-31-32-33-34-36-37-39-41-43-45-47-53(68)52(65-56(69)48-46-44-42-40-38-35-16-14-12-10-8-6-4-2)51-75-63-61(74)59(72)62(55(50-67)77-63)78-64-60(73)58(71)57(70)54(49-66)76-64/h14,16,45,47,52-55,57-64,66-68,70-74H,3-13,15,17-44,46,48-51H2,1-2H3,(H,65,69)/b16-14-,47-45+. The van der Waals surface area contributed by atoms with Crippen LogP contribution in [0.25, 0.3) is 0 Å². The van der Waals surface area contributed by atoms with Crippen LogP contribution in [0.2, 0.25) is 0 Å². The fourth-order valence-corrected chi connectivity index (χ4v) is 10.9. The minimum absolute atomic E-state index is 0.246. The lowest BCUT2D eigenvalue weighted by atomic mass is 9.97. The fraction of sp³-hybridized carbons (Fsp3) is 0.922. The highest BCUT2D eigenvalue weighted by Crippen LogP contribution is 2.30. The van der Waals surface area contributed by atoms with Crippen LogP contribution in [0.1, 0.15) is 284 Å². The molecule has 2 fully saturated rings. The molecule has 0 saturated carbocycles. The van der Waals surface area contributed by atoms with Gasteiger partial charge in [-0.05, 0) is 44.9 Å². The first kappa shape index (κ1) is 72.6. The number of carbonyl (C=O) groups is 1. The van der Waals surface area contributed by atoms with Crippen LogP contribution < -0.4 is 5.32 Å². The van der Waals surface area contributed by atoms with Gasteiger partial charge in [0.1, 0.15) is 48.8 Å². The molecule has 0 bridgehead atoms. The molecule has 1 amide bonds. The zero-order chi connectivity index (χ0) is 56.7. The SMILES string of the molecule is CCCCCC/C=C\CCCCCCCC(=O)NC(COC1OC(CO)C(OC2OC(CO)C(O)C(O)C2O)C(O)C1O)C(O)/C=C/CCCCCCCCCCCCCCCCCCCCCCCCCCCCCCC. The lowest BCUT2D eigenvalue weighted by Crippen LogP contribution is -2.65. The molecule has 78 heavy (non-hydrogen) atoms. The van der Waals surface area contributed by atoms with Gasteiger partial charge in [0.2, 0.25) is 5.91 Å². The first-order chi connectivity index (χ1) is 38.1. The number of aliphatic hydroxyl groups excluding tert-OH is 8. The molecule has 0 spiro atoms. The molecule has 0 aromatic heterocycles. The van der Waals surface area contributed by atoms with Crippen LogP contribution in [0.4, 0.5) is 0 Å². The lowest BCUT2D eigenvalue weighted by molar-refractivity contribution is -0.359. The highest BCUT2D eigenvalue weighted by Gasteiger charge is 2.51. The number of ether oxygens (including phenoxy) is 4. The van der Waals surface area contributed by atoms with Crippen molar-refractivity contribution in [3.8, 4) is 0 Å². The number of allylic oxidation sites excluding steroid dienone is 3. The van der Waals surface area contributed by atoms with Crippen molar-refractivity contribution in [2.45, 2.75) is 357 Å². The maximum atomic E-state index is 13.2. The van der Waals surface area contributed by atoms with Crippen molar-refractivity contribution >= 4 is 5.91 Å². The molecular weight excluding hydrogens is 991 g/mol. The van der Waals surface area contributed by atoms with Crippen LogP contribution in [0.3, 0.4) is 0 Å². The largest absolute Gasteiger partial charge is 0.394 e. The Balaban J connectivity index is 1.66. The molecule has 14 nitrogen and oxygen atoms in total. The van der Waals surface area contributed by atoms with Crippen molar-refractivity contribution in [1.29, 1.82) is 0 Å². The van der Waals surface area contributed by atoms with Gasteiger partial charge in [-0.15, -0.1) is 0 Å². The van der Waals surface area contributed by atoms with Crippen LogP contribution in [0, 0.1) is 0 Å². The molecule has 0 aromatic carbocycles. The molecule has 12 unspecified atom stereocenters. The van der Waals surface area contributed by atoms with Crippen molar-refractivity contribution in [2.24, 2.45) is 0 Å². The molecule has 0 radical (unpaired) electrons. The second kappa shape index (κ2) is 50.0. The molecule has 2 heterocycles. The van der Waals surface area contributed by atoms with Crippen LogP contribution in [0.5, 0.6) is 0 Å². The summed E-state index contributed by atoms with van der Waals surface area (Å²) in [6, 6.07) is -0.917. The third-order valence-electron chi connectivity index (χ3n) is 16.1. The van der Waals surface area contributed by atoms with E-state index in [0.717, 1.165) is 57.8 Å². The summed E-state index contributed by atoms with van der Waals surface area (Å²) in [6.45, 7) is 2.80. The highest BCUT2D eigenvalue weighted by molar-refractivity contribution is 5.76. The Morgan fingerprint density at radius 2 is 0.808 bits per heavy atom. The predicted octanol–water partition coefficient (Wildman–Crippen LogP) is 12.0. The summed E-state index contributed by atoms with van der Waals surface area (Å²) in [7, 11) is 0. The second-order valence-electron chi connectivity index (χ2n) is 23.2. The average molecular weight is 1110 g/mol. The molecular formula is C64H121NO13. The van der Waals surface area contributed by atoms with E-state index in [-0.39, 0.29) is 18.9 Å². The minimum atomic E-state index is -1.79. The Hall–Kier alpha value is -1.53. The molecule has 9 N–H and O–H groups in total. The third kappa shape index (κ3) is 34.8. The quantitative estimate of drug-likeness (QED) is 0.0204. The Labute approximate surface area is 475 Å². The molecule has 460 valence electrons. The minimum Gasteiger partial charge on any atom is -0.394 e. The van der Waals surface area contributed by atoms with Crippen LogP contribution >= 0.6 is 0 Å². The van der Waals surface area contributed by atoms with E-state index in [0.29, 0.717) is 6.42 Å². The first-order valence-corrected chi connectivity index (χ1v) is 32.6. The Morgan fingerprint density at radius 3 is 1.23 bits per heavy atom. The molecule has 2 rings (SSSR count). The van der Waals surface area contributed by atoms with Crippen LogP contribution in [-0.4, -0.2) is 140 Å². The van der Waals surface area contributed by atoms with Gasteiger partial charge in [-0.2, -0.15) is 0 Å². The fourth-order valence-electron chi connectivity index (χ4n) is 10.9. The normalized spacial score (nSPS) is 24.6. The van der Waals surface area contributed by atoms with Crippen molar-refractivity contribution in [1.82, 2.24) is 5.32 Å². The topological polar surface area (TPSA) is 228 Å². The zero-order valence-electron chi connectivity index (χ0n) is 49.7. The summed E-state index contributed by atoms with van der Waals surface area (Å²) in [5, 5.41) is 87.1. The van der Waals surface area contributed by atoms with E-state index < -0.39 is 86.8 Å². The summed E-state index contributed by atoms with van der Waals surface area (Å²) in [5.41, 5.74) is 0. The van der Waals surface area contributed by atoms with Gasteiger partial charge in [0.25, 0.3) is 0 Å². The van der Waals surface area contributed by atoms with Gasteiger partial charge in [0.05, 0.1) is 32.0 Å². The number of aliphatic hydroxyl groups is 8. The van der Waals surface area contributed by atoms with E-state index in [1.165, 1.54) is 199 Å². The van der Waals surface area contributed by atoms with Gasteiger partial charge in [-0.25, -0.2) is 0 Å². The van der Waals surface area contributed by atoms with Gasteiger partial charge in [-0.1, -0.05) is 256 Å². The van der Waals surface area contributed by atoms with Gasteiger partial charge in [-0.3, -0.25) is 4.79 Å². The van der Waals surface area contributed by atoms with Crippen LogP contribution in [0.15, 0.2) is 24.3 Å². The van der Waals surface area contributed by atoms with Gasteiger partial charge in [0, 0.05) is 6.42 Å². The average Bonchev–Trinajstić information content (AvgIpc) is 3.47. The zero-order valence-corrected chi connectivity index (χ0v) is 49.7. The van der Waals surface area contributed by atoms with Crippen molar-refractivity contribution in [3.05, 3.63) is 24.3 Å². The molecule has 0 aromatic rings. The Kier molecular flexibility index (Phi) is 46.5. The van der Waals surface area contributed by atoms with Crippen molar-refractivity contribution in [3.63, 3.8) is 0 Å². The summed E-state index contributed by atoms with van der Waals surface area (Å²) < 4.78 is 22.8. The van der Waals surface area contributed by atoms with Gasteiger partial charge in [0.15, 0.2) is 12.6 Å². The van der Waals surface area contributed by atoms with Crippen molar-refractivity contribution in [2.75, 3.05) is 19.8 Å². The van der Waals surface area contributed by atoms with E-state index in [2.05, 4.69) is 31.3 Å². The smallest absolute Gasteiger partial charge is 0.220 e. The van der Waals surface area contributed by atoms with Crippen LogP contribution in [-0.2, 0) is 23.7 Å². The molecule has 12 atom stereocenters. The summed E-state index contributed by atoms with van der Waals surface area (Å²) >= 11 is 0. The summed E-state index contributed by atoms with van der Waals surface area (Å²) in [5.74, 6) is -0.246. The number of hydrogen-bond acceptors (Lipinski definition) is 13. The third-order valence-corrected chi connectivity index (χ3v) is 16.1. The maximum Gasteiger partial charge on any atom is 0.220 e. The number of carbonyl (C=O) groups excluding carboxylic acids is 1. The van der Waals surface area contributed by atoms with Crippen molar-refractivity contribution < 1.29 is 64.6 Å². The molecule has 2 aliphatic rings. The summed E-state index contributed by atoms with van der Waals surface area (Å²) in [4.78, 5) is 13.2. The number of hydrogen-bond donors (Lipinski definition) is 9. The Bertz CT molecular complexity index is 1400. The maximum absolute atomic E-state index is 13.2. The first-order valence-electron chi connectivity index (χ1n) is 32.6. The Morgan fingerprint density at radius 1 is 0.449 bits per heavy atom. The van der Waals surface area contributed by atoms with E-state index in [1.54, 1.807) is 6.08 Å². The number of unbranched alkanes of at least 4 members (excludes halogenated alkanes) is 38. The second-order valence-corrected chi connectivity index (χ2v) is 23.2. The molecule has 14 heteroatoms. The highest BCUT2D eigenvalue weighted by atomic mass is 16.7. The number of amides is 1. The number of rotatable bonds is 53. The van der Waals surface area contributed by atoms with E-state index >= 15 is 0 Å². The van der Waals surface area contributed by atoms with E-state index in [1.807, 2.05) is 6.08 Å². The van der Waals surface area contributed by atoms with Gasteiger partial charge < -0.3 is 65.1 Å². The van der Waals surface area contributed by atoms with E-state index in [9.17, 15) is 45.6 Å². The monoisotopic (exact) mass is 1110 g/mol. The molecule has 2 aliphatic heterocycles. The van der Waals surface area contributed by atoms with Gasteiger partial charge >= 0.3 is 0 Å². The molecule has 2 saturated heterocycles. The van der Waals surface area contributed by atoms with E-state index in [4.69, 9.17) is 18.9 Å². The number of nitrogens with one attached hydrogen (secondary N) is 1.